The summed E-state index contributed by atoms with van der Waals surface area (Å²) >= 11 is 0. The Morgan fingerprint density at radius 3 is 2.08 bits per heavy atom. The van der Waals surface area contributed by atoms with Gasteiger partial charge in [0.15, 0.2) is 0 Å². The lowest BCUT2D eigenvalue weighted by atomic mass is 10.1. The second-order valence-corrected chi connectivity index (χ2v) is 5.58. The Morgan fingerprint density at radius 2 is 1.62 bits per heavy atom. The van der Waals surface area contributed by atoms with Crippen LogP contribution in [0.5, 0.6) is 0 Å². The van der Waals surface area contributed by atoms with Gasteiger partial charge in [0.1, 0.15) is 5.69 Å². The highest BCUT2D eigenvalue weighted by atomic mass is 19.4. The van der Waals surface area contributed by atoms with Crippen molar-refractivity contribution >= 4 is 11.6 Å². The van der Waals surface area contributed by atoms with Crippen molar-refractivity contribution < 1.29 is 23.6 Å². The van der Waals surface area contributed by atoms with Gasteiger partial charge in [0.2, 0.25) is 5.95 Å². The fourth-order valence-electron chi connectivity index (χ4n) is 2.31. The first-order valence-corrected chi connectivity index (χ1v) is 7.27. The van der Waals surface area contributed by atoms with E-state index in [0.717, 1.165) is 25.0 Å². The van der Waals surface area contributed by atoms with Crippen LogP contribution in [0.3, 0.4) is 0 Å². The number of nitrogens with zero attached hydrogens (tertiary/aromatic N) is 4. The van der Waals surface area contributed by atoms with E-state index in [0.29, 0.717) is 18.1 Å². The summed E-state index contributed by atoms with van der Waals surface area (Å²) in [6, 6.07) is 5.22. The van der Waals surface area contributed by atoms with Crippen LogP contribution in [0.15, 0.2) is 36.7 Å². The third kappa shape index (κ3) is 3.74. The standard InChI is InChI=1S/C15H15F3N4O2/c16-15(17,18)11-3-1-10(2-4-11)9-21(12-5-6-12)14-19-7-13(8-20-14)22(23)24/h1-4,7-8,12,23-24H,5-6,9H2. The molecule has 0 amide bonds. The molecule has 1 aliphatic rings. The number of anilines is 2. The van der Waals surface area contributed by atoms with Crippen molar-refractivity contribution in [2.75, 3.05) is 10.1 Å². The molecule has 1 aromatic heterocycles. The Morgan fingerprint density at radius 1 is 1.04 bits per heavy atom. The van der Waals surface area contributed by atoms with Gasteiger partial charge in [0.25, 0.3) is 0 Å². The van der Waals surface area contributed by atoms with Gasteiger partial charge < -0.3 is 4.90 Å². The maximum atomic E-state index is 12.6. The van der Waals surface area contributed by atoms with E-state index >= 15 is 0 Å². The number of rotatable bonds is 5. The number of hydrogen-bond acceptors (Lipinski definition) is 6. The second kappa shape index (κ2) is 6.25. The highest BCUT2D eigenvalue weighted by molar-refractivity contribution is 5.42. The summed E-state index contributed by atoms with van der Waals surface area (Å²) in [5.41, 5.74) is 0.0494. The second-order valence-electron chi connectivity index (χ2n) is 5.58. The van der Waals surface area contributed by atoms with E-state index < -0.39 is 11.7 Å². The summed E-state index contributed by atoms with van der Waals surface area (Å²) in [6.07, 6.45) is 0.0682. The zero-order chi connectivity index (χ0) is 17.3. The Hall–Kier alpha value is -2.39. The molecule has 1 aromatic carbocycles. The van der Waals surface area contributed by atoms with Gasteiger partial charge in [-0.05, 0) is 30.5 Å². The van der Waals surface area contributed by atoms with E-state index in [1.165, 1.54) is 24.5 Å². The molecule has 0 unspecified atom stereocenters. The Labute approximate surface area is 135 Å². The molecule has 9 heteroatoms. The summed E-state index contributed by atoms with van der Waals surface area (Å²) in [7, 11) is 0. The van der Waals surface area contributed by atoms with Gasteiger partial charge >= 0.3 is 6.18 Å². The van der Waals surface area contributed by atoms with Gasteiger partial charge in [0.05, 0.1) is 18.0 Å². The number of aromatic nitrogens is 2. The molecule has 2 N–H and O–H groups in total. The van der Waals surface area contributed by atoms with Gasteiger partial charge in [0, 0.05) is 12.6 Å². The van der Waals surface area contributed by atoms with E-state index in [1.54, 1.807) is 0 Å². The minimum atomic E-state index is -4.35. The molecule has 0 saturated heterocycles. The first-order valence-electron chi connectivity index (χ1n) is 7.27. The molecule has 0 spiro atoms. The van der Waals surface area contributed by atoms with Crippen LogP contribution in [0.4, 0.5) is 24.8 Å². The molecule has 1 fully saturated rings. The quantitative estimate of drug-likeness (QED) is 0.814. The molecule has 0 bridgehead atoms. The van der Waals surface area contributed by atoms with Crippen LogP contribution in [0.1, 0.15) is 24.0 Å². The highest BCUT2D eigenvalue weighted by Crippen LogP contribution is 2.33. The van der Waals surface area contributed by atoms with E-state index in [4.69, 9.17) is 10.4 Å². The monoisotopic (exact) mass is 340 g/mol. The van der Waals surface area contributed by atoms with Crippen molar-refractivity contribution in [3.05, 3.63) is 47.8 Å². The number of alkyl halides is 3. The lowest BCUT2D eigenvalue weighted by molar-refractivity contribution is -0.137. The minimum absolute atomic E-state index is 0.0176. The highest BCUT2D eigenvalue weighted by Gasteiger charge is 2.32. The molecule has 0 atom stereocenters. The predicted octanol–water partition coefficient (Wildman–Crippen LogP) is 3.25. The van der Waals surface area contributed by atoms with Crippen LogP contribution in [0.25, 0.3) is 0 Å². The van der Waals surface area contributed by atoms with Crippen molar-refractivity contribution in [1.29, 1.82) is 0 Å². The first-order chi connectivity index (χ1) is 11.3. The molecule has 1 aliphatic carbocycles. The molecule has 0 radical (unpaired) electrons. The Kier molecular flexibility index (Phi) is 4.29. The zero-order valence-electron chi connectivity index (χ0n) is 12.5. The van der Waals surface area contributed by atoms with Gasteiger partial charge in [-0.25, -0.2) is 9.97 Å². The van der Waals surface area contributed by atoms with Crippen LogP contribution in [-0.4, -0.2) is 26.4 Å². The predicted molar refractivity (Wildman–Crippen MR) is 78.7 cm³/mol. The Balaban J connectivity index is 1.77. The van der Waals surface area contributed by atoms with Crippen LogP contribution in [-0.2, 0) is 12.7 Å². The molecule has 3 rings (SSSR count). The van der Waals surface area contributed by atoms with Crippen molar-refractivity contribution in [1.82, 2.24) is 9.97 Å². The van der Waals surface area contributed by atoms with E-state index in [-0.39, 0.29) is 17.0 Å². The van der Waals surface area contributed by atoms with Gasteiger partial charge in [-0.1, -0.05) is 12.1 Å². The average molecular weight is 340 g/mol. The molecule has 1 saturated carbocycles. The van der Waals surface area contributed by atoms with Crippen LogP contribution in [0, 0.1) is 0 Å². The van der Waals surface area contributed by atoms with Gasteiger partial charge in [-0.2, -0.15) is 13.2 Å². The largest absolute Gasteiger partial charge is 0.416 e. The van der Waals surface area contributed by atoms with E-state index in [9.17, 15) is 13.2 Å². The molecule has 2 aromatic rings. The van der Waals surface area contributed by atoms with Crippen molar-refractivity contribution in [3.63, 3.8) is 0 Å². The molecule has 0 aliphatic heterocycles. The minimum Gasteiger partial charge on any atom is -0.334 e. The lowest BCUT2D eigenvalue weighted by Gasteiger charge is -2.23. The van der Waals surface area contributed by atoms with Crippen LogP contribution in [0.2, 0.25) is 0 Å². The number of benzene rings is 1. The normalized spacial score (nSPS) is 14.5. The van der Waals surface area contributed by atoms with Crippen molar-refractivity contribution in [3.8, 4) is 0 Å². The SMILES string of the molecule is ON(O)c1cnc(N(Cc2ccc(C(F)(F)F)cc2)C2CC2)nc1. The van der Waals surface area contributed by atoms with Gasteiger partial charge in [-0.15, -0.1) is 5.23 Å². The number of hydrogen-bond donors (Lipinski definition) is 2. The zero-order valence-corrected chi connectivity index (χ0v) is 12.5. The van der Waals surface area contributed by atoms with Crippen molar-refractivity contribution in [2.45, 2.75) is 31.6 Å². The van der Waals surface area contributed by atoms with E-state index in [1.807, 2.05) is 4.90 Å². The molecule has 128 valence electrons. The summed E-state index contributed by atoms with van der Waals surface area (Å²) < 4.78 is 37.8. The molecule has 24 heavy (non-hydrogen) atoms. The fourth-order valence-corrected chi connectivity index (χ4v) is 2.31. The maximum absolute atomic E-state index is 12.6. The van der Waals surface area contributed by atoms with Gasteiger partial charge in [-0.3, -0.25) is 10.4 Å². The molecule has 6 nitrogen and oxygen atoms in total. The summed E-state index contributed by atoms with van der Waals surface area (Å²) in [5, 5.41) is 17.7. The summed E-state index contributed by atoms with van der Waals surface area (Å²) in [6.45, 7) is 0.379. The third-order valence-electron chi connectivity index (χ3n) is 3.73. The maximum Gasteiger partial charge on any atom is 0.416 e. The van der Waals surface area contributed by atoms with E-state index in [2.05, 4.69) is 9.97 Å². The molecular formula is C15H15F3N4O2. The average Bonchev–Trinajstić information content (AvgIpc) is 3.37. The van der Waals surface area contributed by atoms with Crippen LogP contribution >= 0.6 is 0 Å². The number of halogens is 3. The summed E-state index contributed by atoms with van der Waals surface area (Å²) in [5.74, 6) is 0.392. The Bertz CT molecular complexity index is 685. The van der Waals surface area contributed by atoms with Crippen LogP contribution < -0.4 is 10.1 Å². The third-order valence-corrected chi connectivity index (χ3v) is 3.73. The fraction of sp³-hybridized carbons (Fsp3) is 0.333. The topological polar surface area (TPSA) is 72.7 Å². The smallest absolute Gasteiger partial charge is 0.334 e. The lowest BCUT2D eigenvalue weighted by Crippen LogP contribution is -2.27. The molecule has 1 heterocycles. The van der Waals surface area contributed by atoms with Crippen molar-refractivity contribution in [2.24, 2.45) is 0 Å². The first kappa shape index (κ1) is 16.5. The summed E-state index contributed by atoms with van der Waals surface area (Å²) in [4.78, 5) is 10.1. The molecular weight excluding hydrogens is 325 g/mol.